The van der Waals surface area contributed by atoms with Gasteiger partial charge < -0.3 is 10.2 Å². The predicted molar refractivity (Wildman–Crippen MR) is 88.8 cm³/mol. The molecule has 0 spiro atoms. The lowest BCUT2D eigenvalue weighted by Crippen LogP contribution is -2.38. The number of anilines is 1. The molecule has 0 aromatic carbocycles. The lowest BCUT2D eigenvalue weighted by molar-refractivity contribution is 0.373. The van der Waals surface area contributed by atoms with Crippen LogP contribution >= 0.6 is 0 Å². The van der Waals surface area contributed by atoms with E-state index >= 15 is 0 Å². The number of hydrogen-bond acceptors (Lipinski definition) is 4. The maximum absolute atomic E-state index is 4.62. The molecule has 1 aromatic heterocycles. The van der Waals surface area contributed by atoms with Gasteiger partial charge in [-0.25, -0.2) is 9.97 Å². The number of hydrogen-bond donors (Lipinski definition) is 1. The zero-order valence-corrected chi connectivity index (χ0v) is 14.0. The van der Waals surface area contributed by atoms with Crippen molar-refractivity contribution in [1.82, 2.24) is 15.3 Å². The molecule has 2 rings (SSSR count). The number of nitrogens with zero attached hydrogens (tertiary/aromatic N) is 3. The summed E-state index contributed by atoms with van der Waals surface area (Å²) in [5, 5.41) is 3.59. The molecule has 1 fully saturated rings. The summed E-state index contributed by atoms with van der Waals surface area (Å²) in [6.45, 7) is 13.2. The third kappa shape index (κ3) is 4.95. The monoisotopic (exact) mass is 290 g/mol. The Morgan fingerprint density at radius 1 is 1.29 bits per heavy atom. The molecule has 2 heterocycles. The molecule has 0 atom stereocenters. The van der Waals surface area contributed by atoms with E-state index in [4.69, 9.17) is 0 Å². The van der Waals surface area contributed by atoms with Gasteiger partial charge in [0.25, 0.3) is 0 Å². The first-order chi connectivity index (χ1) is 10.1. The maximum Gasteiger partial charge on any atom is 0.132 e. The van der Waals surface area contributed by atoms with Gasteiger partial charge in [0.1, 0.15) is 11.6 Å². The second-order valence-corrected chi connectivity index (χ2v) is 6.60. The van der Waals surface area contributed by atoms with Gasteiger partial charge in [-0.1, -0.05) is 20.8 Å². The molecule has 1 aromatic rings. The van der Waals surface area contributed by atoms with Crippen molar-refractivity contribution < 1.29 is 0 Å². The first kappa shape index (κ1) is 16.2. The van der Waals surface area contributed by atoms with Gasteiger partial charge in [-0.3, -0.25) is 0 Å². The van der Waals surface area contributed by atoms with E-state index in [-0.39, 0.29) is 0 Å². The summed E-state index contributed by atoms with van der Waals surface area (Å²) in [5.41, 5.74) is 1.15. The Labute approximate surface area is 129 Å². The highest BCUT2D eigenvalue weighted by molar-refractivity contribution is 5.40. The highest BCUT2D eigenvalue weighted by Crippen LogP contribution is 2.22. The molecule has 0 saturated carbocycles. The molecule has 21 heavy (non-hydrogen) atoms. The van der Waals surface area contributed by atoms with Crippen LogP contribution in [-0.4, -0.2) is 36.1 Å². The van der Waals surface area contributed by atoms with Crippen LogP contribution in [0.2, 0.25) is 0 Å². The summed E-state index contributed by atoms with van der Waals surface area (Å²) in [6.07, 6.45) is 3.50. The van der Waals surface area contributed by atoms with Crippen molar-refractivity contribution >= 4 is 5.82 Å². The minimum atomic E-state index is 0.738. The smallest absolute Gasteiger partial charge is 0.132 e. The molecular formula is C17H30N4. The average molecular weight is 290 g/mol. The lowest BCUT2D eigenvalue weighted by atomic mass is 9.96. The Morgan fingerprint density at radius 3 is 2.62 bits per heavy atom. The molecule has 1 aliphatic heterocycles. The van der Waals surface area contributed by atoms with Crippen LogP contribution in [0, 0.1) is 18.8 Å². The van der Waals surface area contributed by atoms with Crippen molar-refractivity contribution in [3.8, 4) is 0 Å². The van der Waals surface area contributed by atoms with Crippen LogP contribution in [0.25, 0.3) is 0 Å². The molecular weight excluding hydrogens is 260 g/mol. The Bertz CT molecular complexity index is 436. The van der Waals surface area contributed by atoms with Crippen molar-refractivity contribution in [3.05, 3.63) is 17.6 Å². The van der Waals surface area contributed by atoms with Crippen LogP contribution < -0.4 is 10.2 Å². The zero-order chi connectivity index (χ0) is 15.2. The third-order valence-electron chi connectivity index (χ3n) is 4.16. The van der Waals surface area contributed by atoms with E-state index in [1.807, 2.05) is 6.92 Å². The summed E-state index contributed by atoms with van der Waals surface area (Å²) >= 11 is 0. The summed E-state index contributed by atoms with van der Waals surface area (Å²) in [4.78, 5) is 11.5. The second kappa shape index (κ2) is 7.74. The van der Waals surface area contributed by atoms with Gasteiger partial charge in [-0.15, -0.1) is 0 Å². The van der Waals surface area contributed by atoms with E-state index in [0.29, 0.717) is 0 Å². The fourth-order valence-electron chi connectivity index (χ4n) is 2.90. The minimum absolute atomic E-state index is 0.738. The van der Waals surface area contributed by atoms with Gasteiger partial charge in [-0.05, 0) is 51.1 Å². The molecule has 0 unspecified atom stereocenters. The molecule has 0 amide bonds. The lowest BCUT2D eigenvalue weighted by Gasteiger charge is -2.33. The number of aromatic nitrogens is 2. The molecule has 0 aliphatic carbocycles. The minimum Gasteiger partial charge on any atom is -0.356 e. The Balaban J connectivity index is 1.84. The van der Waals surface area contributed by atoms with E-state index in [0.717, 1.165) is 61.8 Å². The van der Waals surface area contributed by atoms with Crippen LogP contribution in [0.5, 0.6) is 0 Å². The summed E-state index contributed by atoms with van der Waals surface area (Å²) in [5.74, 6) is 3.56. The van der Waals surface area contributed by atoms with E-state index in [1.165, 1.54) is 12.8 Å². The van der Waals surface area contributed by atoms with E-state index < -0.39 is 0 Å². The van der Waals surface area contributed by atoms with Crippen molar-refractivity contribution in [2.45, 2.75) is 47.0 Å². The fourth-order valence-corrected chi connectivity index (χ4v) is 2.90. The van der Waals surface area contributed by atoms with Crippen molar-refractivity contribution in [1.29, 1.82) is 0 Å². The number of aryl methyl sites for hydroxylation is 2. The highest BCUT2D eigenvalue weighted by atomic mass is 15.2. The van der Waals surface area contributed by atoms with Crippen molar-refractivity contribution in [2.75, 3.05) is 31.1 Å². The van der Waals surface area contributed by atoms with E-state index in [9.17, 15) is 0 Å². The molecule has 4 nitrogen and oxygen atoms in total. The summed E-state index contributed by atoms with van der Waals surface area (Å²) in [7, 11) is 0. The second-order valence-electron chi connectivity index (χ2n) is 6.60. The highest BCUT2D eigenvalue weighted by Gasteiger charge is 2.20. The fraction of sp³-hybridized carbons (Fsp3) is 0.765. The molecule has 1 aliphatic rings. The molecule has 0 bridgehead atoms. The quantitative estimate of drug-likeness (QED) is 0.874. The van der Waals surface area contributed by atoms with Gasteiger partial charge in [-0.2, -0.15) is 0 Å². The van der Waals surface area contributed by atoms with Gasteiger partial charge >= 0.3 is 0 Å². The Hall–Kier alpha value is -1.16. The molecule has 4 heteroatoms. The van der Waals surface area contributed by atoms with Crippen LogP contribution in [-0.2, 0) is 6.42 Å². The SMILES string of the molecule is CCc1cc(N2CCC(CNCC(C)C)CC2)nc(C)n1. The summed E-state index contributed by atoms with van der Waals surface area (Å²) in [6, 6.07) is 2.16. The van der Waals surface area contributed by atoms with Crippen molar-refractivity contribution in [3.63, 3.8) is 0 Å². The predicted octanol–water partition coefficient (Wildman–Crippen LogP) is 2.81. The van der Waals surface area contributed by atoms with Gasteiger partial charge in [0.15, 0.2) is 0 Å². The van der Waals surface area contributed by atoms with Gasteiger partial charge in [0.05, 0.1) is 0 Å². The van der Waals surface area contributed by atoms with Crippen LogP contribution in [0.4, 0.5) is 5.82 Å². The molecule has 1 saturated heterocycles. The first-order valence-electron chi connectivity index (χ1n) is 8.38. The number of rotatable bonds is 6. The Morgan fingerprint density at radius 2 is 2.00 bits per heavy atom. The third-order valence-corrected chi connectivity index (χ3v) is 4.16. The average Bonchev–Trinajstić information content (AvgIpc) is 2.47. The molecule has 1 N–H and O–H groups in total. The van der Waals surface area contributed by atoms with Crippen molar-refractivity contribution in [2.24, 2.45) is 11.8 Å². The first-order valence-corrected chi connectivity index (χ1v) is 8.38. The Kier molecular flexibility index (Phi) is 5.97. The van der Waals surface area contributed by atoms with E-state index in [2.05, 4.69) is 47.0 Å². The van der Waals surface area contributed by atoms with Crippen LogP contribution in [0.3, 0.4) is 0 Å². The maximum atomic E-state index is 4.62. The van der Waals surface area contributed by atoms with Gasteiger partial charge in [0.2, 0.25) is 0 Å². The van der Waals surface area contributed by atoms with Gasteiger partial charge in [0, 0.05) is 24.8 Å². The normalized spacial score (nSPS) is 16.7. The zero-order valence-electron chi connectivity index (χ0n) is 14.0. The number of piperidine rings is 1. The number of nitrogens with one attached hydrogen (secondary N) is 1. The van der Waals surface area contributed by atoms with E-state index in [1.54, 1.807) is 0 Å². The standard InChI is InChI=1S/C17H30N4/c1-5-16-10-17(20-14(4)19-16)21-8-6-15(7-9-21)12-18-11-13(2)3/h10,13,15,18H,5-9,11-12H2,1-4H3. The summed E-state index contributed by atoms with van der Waals surface area (Å²) < 4.78 is 0. The molecule has 118 valence electrons. The topological polar surface area (TPSA) is 41.0 Å². The largest absolute Gasteiger partial charge is 0.356 e. The molecule has 0 radical (unpaired) electrons. The van der Waals surface area contributed by atoms with Crippen LogP contribution in [0.15, 0.2) is 6.07 Å². The van der Waals surface area contributed by atoms with Crippen LogP contribution in [0.1, 0.15) is 45.1 Å².